The van der Waals surface area contributed by atoms with Crippen molar-refractivity contribution in [3.8, 4) is 11.5 Å². The fourth-order valence-electron chi connectivity index (χ4n) is 3.03. The number of aryl methyl sites for hydroxylation is 1. The zero-order chi connectivity index (χ0) is 22.3. The SMILES string of the molecule is COc1ccc(CNC(=O)CCCN(c2ccc(I)cc2C)S(C)(=O)=O)cc1OC. The lowest BCUT2D eigenvalue weighted by molar-refractivity contribution is -0.121. The Morgan fingerprint density at radius 1 is 1.10 bits per heavy atom. The maximum atomic E-state index is 12.3. The minimum atomic E-state index is -3.45. The van der Waals surface area contributed by atoms with E-state index in [1.165, 1.54) is 10.6 Å². The second-order valence-corrected chi connectivity index (χ2v) is 9.99. The van der Waals surface area contributed by atoms with Crippen LogP contribution in [0, 0.1) is 10.5 Å². The Hall–Kier alpha value is -2.01. The van der Waals surface area contributed by atoms with Crippen LogP contribution in [0.4, 0.5) is 5.69 Å². The molecular formula is C21H27IN2O5S. The van der Waals surface area contributed by atoms with Crippen molar-refractivity contribution in [2.24, 2.45) is 0 Å². The molecule has 0 bridgehead atoms. The number of sulfonamides is 1. The predicted octanol–water partition coefficient (Wildman–Crippen LogP) is 3.48. The third-order valence-electron chi connectivity index (χ3n) is 4.53. The monoisotopic (exact) mass is 546 g/mol. The number of hydrogen-bond acceptors (Lipinski definition) is 5. The third-order valence-corrected chi connectivity index (χ3v) is 6.38. The summed E-state index contributed by atoms with van der Waals surface area (Å²) < 4.78 is 37.4. The molecule has 30 heavy (non-hydrogen) atoms. The molecule has 0 radical (unpaired) electrons. The highest BCUT2D eigenvalue weighted by molar-refractivity contribution is 14.1. The van der Waals surface area contributed by atoms with Gasteiger partial charge in [0.2, 0.25) is 15.9 Å². The molecule has 1 N–H and O–H groups in total. The van der Waals surface area contributed by atoms with Gasteiger partial charge in [0.1, 0.15) is 0 Å². The van der Waals surface area contributed by atoms with Crippen LogP contribution in [-0.2, 0) is 21.4 Å². The number of amides is 1. The van der Waals surface area contributed by atoms with E-state index in [0.717, 1.165) is 14.7 Å². The Bertz CT molecular complexity index is 995. The highest BCUT2D eigenvalue weighted by Crippen LogP contribution is 2.27. The standard InChI is InChI=1S/C21H27IN2O5S/c1-15-12-17(22)8-9-18(15)24(30(4,26)27)11-5-6-21(25)23-14-16-7-10-19(28-2)20(13-16)29-3/h7-10,12-13H,5-6,11,14H2,1-4H3,(H,23,25). The first-order valence-electron chi connectivity index (χ1n) is 9.37. The molecule has 2 rings (SSSR count). The van der Waals surface area contributed by atoms with Crippen LogP contribution in [0.1, 0.15) is 24.0 Å². The molecule has 0 saturated carbocycles. The molecule has 0 aliphatic carbocycles. The lowest BCUT2D eigenvalue weighted by Gasteiger charge is -2.24. The van der Waals surface area contributed by atoms with Gasteiger partial charge in [0, 0.05) is 23.1 Å². The van der Waals surface area contributed by atoms with Crippen molar-refractivity contribution >= 4 is 44.2 Å². The number of ether oxygens (including phenoxy) is 2. The normalized spacial score (nSPS) is 11.1. The van der Waals surface area contributed by atoms with E-state index in [0.29, 0.717) is 30.2 Å². The van der Waals surface area contributed by atoms with Crippen LogP contribution in [0.5, 0.6) is 11.5 Å². The second-order valence-electron chi connectivity index (χ2n) is 6.84. The fourth-order valence-corrected chi connectivity index (χ4v) is 4.70. The van der Waals surface area contributed by atoms with Crippen LogP contribution in [-0.4, -0.2) is 41.3 Å². The molecule has 0 aromatic heterocycles. The molecule has 0 unspecified atom stereocenters. The van der Waals surface area contributed by atoms with E-state index in [-0.39, 0.29) is 18.9 Å². The summed E-state index contributed by atoms with van der Waals surface area (Å²) in [5, 5.41) is 2.85. The third kappa shape index (κ3) is 6.76. The lowest BCUT2D eigenvalue weighted by Crippen LogP contribution is -2.32. The number of anilines is 1. The first kappa shape index (κ1) is 24.3. The van der Waals surface area contributed by atoms with Gasteiger partial charge in [-0.15, -0.1) is 0 Å². The number of carbonyl (C=O) groups is 1. The summed E-state index contributed by atoms with van der Waals surface area (Å²) in [6.45, 7) is 2.47. The highest BCUT2D eigenvalue weighted by atomic mass is 127. The summed E-state index contributed by atoms with van der Waals surface area (Å²) in [6, 6.07) is 11.1. The van der Waals surface area contributed by atoms with Crippen LogP contribution in [0.2, 0.25) is 0 Å². The minimum Gasteiger partial charge on any atom is -0.493 e. The van der Waals surface area contributed by atoms with Crippen molar-refractivity contribution in [1.29, 1.82) is 0 Å². The molecule has 2 aromatic rings. The summed E-state index contributed by atoms with van der Waals surface area (Å²) in [6.07, 6.45) is 1.82. The van der Waals surface area contributed by atoms with Gasteiger partial charge in [0.05, 0.1) is 26.2 Å². The maximum Gasteiger partial charge on any atom is 0.232 e. The predicted molar refractivity (Wildman–Crippen MR) is 127 cm³/mol. The molecule has 0 aliphatic rings. The van der Waals surface area contributed by atoms with Gasteiger partial charge >= 0.3 is 0 Å². The smallest absolute Gasteiger partial charge is 0.232 e. The van der Waals surface area contributed by atoms with Gasteiger partial charge in [-0.2, -0.15) is 0 Å². The average Bonchev–Trinajstić information content (AvgIpc) is 2.69. The van der Waals surface area contributed by atoms with Crippen LogP contribution >= 0.6 is 22.6 Å². The molecule has 0 atom stereocenters. The number of methoxy groups -OCH3 is 2. The molecule has 9 heteroatoms. The molecule has 1 amide bonds. The summed E-state index contributed by atoms with van der Waals surface area (Å²) in [5.74, 6) is 1.08. The van der Waals surface area contributed by atoms with Gasteiger partial charge in [-0.3, -0.25) is 9.10 Å². The molecular weight excluding hydrogens is 519 g/mol. The number of nitrogens with zero attached hydrogens (tertiary/aromatic N) is 1. The molecule has 2 aromatic carbocycles. The average molecular weight is 546 g/mol. The Morgan fingerprint density at radius 2 is 1.80 bits per heavy atom. The zero-order valence-corrected chi connectivity index (χ0v) is 20.5. The maximum absolute atomic E-state index is 12.3. The topological polar surface area (TPSA) is 84.9 Å². The van der Waals surface area contributed by atoms with E-state index < -0.39 is 10.0 Å². The largest absolute Gasteiger partial charge is 0.493 e. The van der Waals surface area contributed by atoms with E-state index in [1.807, 2.05) is 31.2 Å². The van der Waals surface area contributed by atoms with Gasteiger partial charge < -0.3 is 14.8 Å². The van der Waals surface area contributed by atoms with Crippen molar-refractivity contribution in [3.63, 3.8) is 0 Å². The molecule has 0 spiro atoms. The number of hydrogen-bond donors (Lipinski definition) is 1. The van der Waals surface area contributed by atoms with E-state index >= 15 is 0 Å². The van der Waals surface area contributed by atoms with Crippen molar-refractivity contribution in [2.75, 3.05) is 31.3 Å². The van der Waals surface area contributed by atoms with Gasteiger partial charge in [-0.05, 0) is 77.4 Å². The first-order valence-corrected chi connectivity index (χ1v) is 12.3. The second kappa shape index (κ2) is 10.9. The van der Waals surface area contributed by atoms with Crippen LogP contribution in [0.3, 0.4) is 0 Å². The van der Waals surface area contributed by atoms with Crippen molar-refractivity contribution < 1.29 is 22.7 Å². The van der Waals surface area contributed by atoms with Gasteiger partial charge in [0.25, 0.3) is 0 Å². The summed E-state index contributed by atoms with van der Waals surface area (Å²) in [5.41, 5.74) is 2.40. The molecule has 0 fully saturated rings. The van der Waals surface area contributed by atoms with Crippen LogP contribution in [0.15, 0.2) is 36.4 Å². The van der Waals surface area contributed by atoms with Crippen LogP contribution in [0.25, 0.3) is 0 Å². The van der Waals surface area contributed by atoms with E-state index in [1.54, 1.807) is 26.4 Å². The lowest BCUT2D eigenvalue weighted by atomic mass is 10.2. The van der Waals surface area contributed by atoms with Gasteiger partial charge in [0.15, 0.2) is 11.5 Å². The Kier molecular flexibility index (Phi) is 8.78. The van der Waals surface area contributed by atoms with Crippen molar-refractivity contribution in [2.45, 2.75) is 26.3 Å². The first-order chi connectivity index (χ1) is 14.2. The Labute approximate surface area is 191 Å². The fraction of sp³-hybridized carbons (Fsp3) is 0.381. The molecule has 0 heterocycles. The number of benzene rings is 2. The van der Waals surface area contributed by atoms with Gasteiger partial charge in [-0.1, -0.05) is 6.07 Å². The molecule has 0 saturated heterocycles. The van der Waals surface area contributed by atoms with Crippen LogP contribution < -0.4 is 19.1 Å². The Balaban J connectivity index is 1.93. The summed E-state index contributed by atoms with van der Waals surface area (Å²) in [7, 11) is -0.323. The van der Waals surface area contributed by atoms with E-state index in [9.17, 15) is 13.2 Å². The van der Waals surface area contributed by atoms with Crippen molar-refractivity contribution in [1.82, 2.24) is 5.32 Å². The number of rotatable bonds is 10. The van der Waals surface area contributed by atoms with Crippen molar-refractivity contribution in [3.05, 3.63) is 51.1 Å². The zero-order valence-electron chi connectivity index (χ0n) is 17.6. The van der Waals surface area contributed by atoms with E-state index in [2.05, 4.69) is 27.9 Å². The number of carbonyl (C=O) groups excluding carboxylic acids is 1. The summed E-state index contributed by atoms with van der Waals surface area (Å²) in [4.78, 5) is 12.2. The quantitative estimate of drug-likeness (QED) is 0.462. The van der Waals surface area contributed by atoms with Gasteiger partial charge in [-0.25, -0.2) is 8.42 Å². The Morgan fingerprint density at radius 3 is 2.40 bits per heavy atom. The number of halogens is 1. The molecule has 7 nitrogen and oxygen atoms in total. The van der Waals surface area contributed by atoms with E-state index in [4.69, 9.17) is 9.47 Å². The highest BCUT2D eigenvalue weighted by Gasteiger charge is 2.19. The molecule has 164 valence electrons. The number of nitrogens with one attached hydrogen (secondary N) is 1. The summed E-state index contributed by atoms with van der Waals surface area (Å²) >= 11 is 2.19. The minimum absolute atomic E-state index is 0.141. The molecule has 0 aliphatic heterocycles.